The molecule has 0 unspecified atom stereocenters. The van der Waals surface area contributed by atoms with Gasteiger partial charge in [-0.15, -0.1) is 0 Å². The molecule has 0 radical (unpaired) electrons. The first-order valence-corrected chi connectivity index (χ1v) is 3.55. The van der Waals surface area contributed by atoms with Gasteiger partial charge in [-0.1, -0.05) is 5.57 Å². The van der Waals surface area contributed by atoms with Crippen LogP contribution in [0.5, 0.6) is 0 Å². The van der Waals surface area contributed by atoms with E-state index in [9.17, 15) is 0 Å². The van der Waals surface area contributed by atoms with Gasteiger partial charge in [0.15, 0.2) is 0 Å². The van der Waals surface area contributed by atoms with Crippen molar-refractivity contribution >= 4 is 18.3 Å². The average Bonchev–Trinajstić information content (AvgIpc) is 1.87. The van der Waals surface area contributed by atoms with Crippen molar-refractivity contribution in [2.45, 2.75) is 13.8 Å². The van der Waals surface area contributed by atoms with E-state index in [-0.39, 0.29) is 0 Å². The Bertz CT molecular complexity index is 136. The SMILES string of the molecule is CN=C(C)/C=C(\C)CS. The smallest absolute Gasteiger partial charge is 0.0313 e. The molecule has 0 spiro atoms. The predicted octanol–water partition coefficient (Wildman–Crippen LogP) is 1.95. The Balaban J connectivity index is 3.95. The van der Waals surface area contributed by atoms with Crippen LogP contribution < -0.4 is 0 Å². The van der Waals surface area contributed by atoms with Gasteiger partial charge in [0.05, 0.1) is 0 Å². The number of aliphatic imine (C=N–C) groups is 1. The van der Waals surface area contributed by atoms with Crippen LogP contribution in [0.2, 0.25) is 0 Å². The fourth-order valence-electron chi connectivity index (χ4n) is 0.467. The van der Waals surface area contributed by atoms with Crippen molar-refractivity contribution in [1.82, 2.24) is 0 Å². The van der Waals surface area contributed by atoms with Gasteiger partial charge in [-0.25, -0.2) is 0 Å². The highest BCUT2D eigenvalue weighted by Gasteiger charge is 1.84. The first-order chi connectivity index (χ1) is 4.20. The molecular weight excluding hydrogens is 130 g/mol. The van der Waals surface area contributed by atoms with Crippen LogP contribution in [0.25, 0.3) is 0 Å². The third-order valence-corrected chi connectivity index (χ3v) is 1.56. The van der Waals surface area contributed by atoms with Gasteiger partial charge in [-0.2, -0.15) is 12.6 Å². The maximum Gasteiger partial charge on any atom is 0.0313 e. The molecule has 0 fully saturated rings. The number of hydrogen-bond donors (Lipinski definition) is 1. The molecule has 9 heavy (non-hydrogen) atoms. The molecule has 0 aromatic heterocycles. The van der Waals surface area contributed by atoms with E-state index in [0.717, 1.165) is 11.5 Å². The molecule has 0 saturated carbocycles. The van der Waals surface area contributed by atoms with Crippen molar-refractivity contribution in [3.63, 3.8) is 0 Å². The highest BCUT2D eigenvalue weighted by atomic mass is 32.1. The Morgan fingerprint density at radius 3 is 2.44 bits per heavy atom. The lowest BCUT2D eigenvalue weighted by atomic mass is 10.2. The molecule has 0 saturated heterocycles. The molecular formula is C7H13NS. The van der Waals surface area contributed by atoms with Crippen molar-refractivity contribution < 1.29 is 0 Å². The maximum absolute atomic E-state index is 4.11. The van der Waals surface area contributed by atoms with Gasteiger partial charge in [0.25, 0.3) is 0 Å². The molecule has 0 aromatic carbocycles. The summed E-state index contributed by atoms with van der Waals surface area (Å²) in [5.41, 5.74) is 2.31. The molecule has 1 nitrogen and oxygen atoms in total. The Hall–Kier alpha value is -0.240. The zero-order chi connectivity index (χ0) is 7.28. The summed E-state index contributed by atoms with van der Waals surface area (Å²) in [6, 6.07) is 0. The Kier molecular flexibility index (Phi) is 4.50. The Morgan fingerprint density at radius 2 is 2.11 bits per heavy atom. The average molecular weight is 143 g/mol. The van der Waals surface area contributed by atoms with Gasteiger partial charge in [0.2, 0.25) is 0 Å². The van der Waals surface area contributed by atoms with Crippen molar-refractivity contribution in [1.29, 1.82) is 0 Å². The van der Waals surface area contributed by atoms with E-state index in [1.165, 1.54) is 5.57 Å². The maximum atomic E-state index is 4.11. The minimum absolute atomic E-state index is 0.812. The van der Waals surface area contributed by atoms with Crippen LogP contribution in [0, 0.1) is 0 Å². The van der Waals surface area contributed by atoms with Gasteiger partial charge in [0.1, 0.15) is 0 Å². The summed E-state index contributed by atoms with van der Waals surface area (Å²) in [6.45, 7) is 4.02. The van der Waals surface area contributed by atoms with E-state index in [2.05, 4.69) is 17.6 Å². The summed E-state index contributed by atoms with van der Waals surface area (Å²) in [7, 11) is 1.79. The molecule has 0 aliphatic heterocycles. The molecule has 0 rings (SSSR count). The molecule has 52 valence electrons. The lowest BCUT2D eigenvalue weighted by molar-refractivity contribution is 1.39. The summed E-state index contributed by atoms with van der Waals surface area (Å²) in [5.74, 6) is 0.812. The lowest BCUT2D eigenvalue weighted by Crippen LogP contribution is -1.87. The van der Waals surface area contributed by atoms with E-state index < -0.39 is 0 Å². The van der Waals surface area contributed by atoms with E-state index in [4.69, 9.17) is 0 Å². The van der Waals surface area contributed by atoms with Crippen molar-refractivity contribution in [3.8, 4) is 0 Å². The van der Waals surface area contributed by atoms with E-state index in [0.29, 0.717) is 0 Å². The largest absolute Gasteiger partial charge is 0.293 e. The fraction of sp³-hybridized carbons (Fsp3) is 0.571. The lowest BCUT2D eigenvalue weighted by Gasteiger charge is -1.92. The zero-order valence-corrected chi connectivity index (χ0v) is 7.07. The summed E-state index contributed by atoms with van der Waals surface area (Å²) in [4.78, 5) is 3.98. The summed E-state index contributed by atoms with van der Waals surface area (Å²) >= 11 is 4.11. The van der Waals surface area contributed by atoms with Crippen LogP contribution in [0.3, 0.4) is 0 Å². The van der Waals surface area contributed by atoms with Crippen LogP contribution in [0.15, 0.2) is 16.6 Å². The minimum atomic E-state index is 0.812. The normalized spacial score (nSPS) is 14.2. The second-order valence-corrected chi connectivity index (χ2v) is 2.33. The molecule has 0 amide bonds. The number of rotatable bonds is 2. The molecule has 0 aliphatic rings. The fourth-order valence-corrected chi connectivity index (χ4v) is 0.558. The highest BCUT2D eigenvalue weighted by Crippen LogP contribution is 1.95. The minimum Gasteiger partial charge on any atom is -0.293 e. The quantitative estimate of drug-likeness (QED) is 0.448. The monoisotopic (exact) mass is 143 g/mol. The van der Waals surface area contributed by atoms with Crippen LogP contribution >= 0.6 is 12.6 Å². The number of allylic oxidation sites excluding steroid dienone is 1. The van der Waals surface area contributed by atoms with Crippen molar-refractivity contribution in [3.05, 3.63) is 11.6 Å². The first-order valence-electron chi connectivity index (χ1n) is 2.92. The zero-order valence-electron chi connectivity index (χ0n) is 6.18. The number of nitrogens with zero attached hydrogens (tertiary/aromatic N) is 1. The topological polar surface area (TPSA) is 12.4 Å². The molecule has 0 atom stereocenters. The molecule has 0 aromatic rings. The molecule has 2 heteroatoms. The highest BCUT2D eigenvalue weighted by molar-refractivity contribution is 7.80. The molecule has 0 N–H and O–H groups in total. The first kappa shape index (κ1) is 8.76. The second kappa shape index (κ2) is 4.62. The van der Waals surface area contributed by atoms with Crippen molar-refractivity contribution in [2.24, 2.45) is 4.99 Å². The van der Waals surface area contributed by atoms with Gasteiger partial charge >= 0.3 is 0 Å². The van der Waals surface area contributed by atoms with Crippen LogP contribution in [-0.4, -0.2) is 18.5 Å². The third-order valence-electron chi connectivity index (χ3n) is 1.06. The number of thiol groups is 1. The standard InChI is InChI=1S/C7H13NS/c1-6(5-9)4-7(2)8-3/h4,9H,5H2,1-3H3/b6-4+,8-7?. The van der Waals surface area contributed by atoms with Crippen molar-refractivity contribution in [2.75, 3.05) is 12.8 Å². The summed E-state index contributed by atoms with van der Waals surface area (Å²) in [6.07, 6.45) is 2.03. The Labute approximate surface area is 62.3 Å². The molecule has 0 bridgehead atoms. The third kappa shape index (κ3) is 4.28. The van der Waals surface area contributed by atoms with Crippen LogP contribution in [-0.2, 0) is 0 Å². The van der Waals surface area contributed by atoms with Gasteiger partial charge in [-0.05, 0) is 19.9 Å². The molecule has 0 aliphatic carbocycles. The summed E-state index contributed by atoms with van der Waals surface area (Å²) in [5, 5.41) is 0. The Morgan fingerprint density at radius 1 is 1.56 bits per heavy atom. The van der Waals surface area contributed by atoms with E-state index in [1.807, 2.05) is 19.9 Å². The second-order valence-electron chi connectivity index (χ2n) is 2.01. The molecule has 0 heterocycles. The number of hydrogen-bond acceptors (Lipinski definition) is 2. The van der Waals surface area contributed by atoms with Gasteiger partial charge in [0, 0.05) is 18.5 Å². The van der Waals surface area contributed by atoms with Crippen LogP contribution in [0.1, 0.15) is 13.8 Å². The van der Waals surface area contributed by atoms with E-state index in [1.54, 1.807) is 7.05 Å². The van der Waals surface area contributed by atoms with E-state index >= 15 is 0 Å². The predicted molar refractivity (Wildman–Crippen MR) is 46.6 cm³/mol. The van der Waals surface area contributed by atoms with Crippen LogP contribution in [0.4, 0.5) is 0 Å². The van der Waals surface area contributed by atoms with Gasteiger partial charge < -0.3 is 0 Å². The summed E-state index contributed by atoms with van der Waals surface area (Å²) < 4.78 is 0. The van der Waals surface area contributed by atoms with Gasteiger partial charge in [-0.3, -0.25) is 4.99 Å².